The van der Waals surface area contributed by atoms with Gasteiger partial charge in [0.25, 0.3) is 0 Å². The highest BCUT2D eigenvalue weighted by atomic mass is 32.1. The van der Waals surface area contributed by atoms with Gasteiger partial charge in [-0.2, -0.15) is 0 Å². The van der Waals surface area contributed by atoms with E-state index >= 15 is 0 Å². The fourth-order valence-electron chi connectivity index (χ4n) is 1.75. The lowest BCUT2D eigenvalue weighted by Crippen LogP contribution is -2.17. The van der Waals surface area contributed by atoms with Gasteiger partial charge >= 0.3 is 0 Å². The molecule has 2 aromatic heterocycles. The van der Waals surface area contributed by atoms with E-state index in [2.05, 4.69) is 42.5 Å². The van der Waals surface area contributed by atoms with Gasteiger partial charge in [-0.1, -0.05) is 6.92 Å². The second-order valence-electron chi connectivity index (χ2n) is 4.14. The monoisotopic (exact) mass is 266 g/mol. The number of hydrogen-bond donors (Lipinski definition) is 1. The molecule has 0 aromatic carbocycles. The Hall–Kier alpha value is -0.710. The van der Waals surface area contributed by atoms with Crippen LogP contribution in [0.2, 0.25) is 0 Å². The molecule has 0 aliphatic rings. The lowest BCUT2D eigenvalue weighted by molar-refractivity contribution is 0.579. The van der Waals surface area contributed by atoms with Gasteiger partial charge in [0.2, 0.25) is 0 Å². The summed E-state index contributed by atoms with van der Waals surface area (Å²) in [6.07, 6.45) is 3.07. The van der Waals surface area contributed by atoms with E-state index in [0.29, 0.717) is 6.04 Å². The molecule has 0 bridgehead atoms. The van der Waals surface area contributed by atoms with Crippen LogP contribution in [0.3, 0.4) is 0 Å². The number of thiazole rings is 1. The maximum Gasteiger partial charge on any atom is 0.107 e. The summed E-state index contributed by atoms with van der Waals surface area (Å²) in [5, 5.41) is 6.88. The second-order valence-corrected chi connectivity index (χ2v) is 6.29. The number of nitrogens with zero attached hydrogens (tertiary/aromatic N) is 1. The zero-order chi connectivity index (χ0) is 12.3. The largest absolute Gasteiger partial charge is 0.303 e. The molecule has 1 unspecified atom stereocenters. The Morgan fingerprint density at radius 2 is 2.29 bits per heavy atom. The van der Waals surface area contributed by atoms with E-state index in [0.717, 1.165) is 13.0 Å². The summed E-state index contributed by atoms with van der Waals surface area (Å²) in [7, 11) is 0. The number of rotatable bonds is 5. The van der Waals surface area contributed by atoms with Crippen LogP contribution in [0.4, 0.5) is 0 Å². The molecule has 0 aliphatic heterocycles. The molecule has 1 atom stereocenters. The maximum absolute atomic E-state index is 4.42. The molecule has 4 heteroatoms. The summed E-state index contributed by atoms with van der Waals surface area (Å²) >= 11 is 3.63. The van der Waals surface area contributed by atoms with E-state index < -0.39 is 0 Å². The van der Waals surface area contributed by atoms with E-state index in [-0.39, 0.29) is 0 Å². The molecule has 2 nitrogen and oxygen atoms in total. The Morgan fingerprint density at radius 3 is 2.88 bits per heavy atom. The summed E-state index contributed by atoms with van der Waals surface area (Å²) in [6, 6.07) is 2.58. The van der Waals surface area contributed by atoms with Crippen LogP contribution >= 0.6 is 22.7 Å². The molecule has 0 saturated heterocycles. The third-order valence-electron chi connectivity index (χ3n) is 2.80. The molecule has 0 fully saturated rings. The van der Waals surface area contributed by atoms with Gasteiger partial charge in [-0.15, -0.1) is 22.7 Å². The molecule has 0 aliphatic carbocycles. The third kappa shape index (κ3) is 3.15. The van der Waals surface area contributed by atoms with Gasteiger partial charge in [0, 0.05) is 28.5 Å². The van der Waals surface area contributed by atoms with Crippen molar-refractivity contribution >= 4 is 22.7 Å². The second kappa shape index (κ2) is 5.76. The Morgan fingerprint density at radius 1 is 1.47 bits per heavy atom. The van der Waals surface area contributed by atoms with Crippen LogP contribution in [0, 0.1) is 6.92 Å². The van der Waals surface area contributed by atoms with Crippen LogP contribution in [0.15, 0.2) is 17.6 Å². The van der Waals surface area contributed by atoms with Crippen molar-refractivity contribution in [2.45, 2.75) is 39.8 Å². The SMILES string of the molecule is CCc1cnc(CNC(C)c2sccc2C)s1. The lowest BCUT2D eigenvalue weighted by Gasteiger charge is -2.12. The molecule has 2 aromatic rings. The van der Waals surface area contributed by atoms with Crippen LogP contribution in [-0.2, 0) is 13.0 Å². The smallest absolute Gasteiger partial charge is 0.107 e. The minimum absolute atomic E-state index is 0.406. The van der Waals surface area contributed by atoms with Gasteiger partial charge in [0.1, 0.15) is 5.01 Å². The molecular formula is C13H18N2S2. The van der Waals surface area contributed by atoms with Gasteiger partial charge in [0.05, 0.1) is 0 Å². The van der Waals surface area contributed by atoms with E-state index in [4.69, 9.17) is 0 Å². The summed E-state index contributed by atoms with van der Waals surface area (Å²) in [6.45, 7) is 7.42. The topological polar surface area (TPSA) is 24.9 Å². The van der Waals surface area contributed by atoms with Crippen molar-refractivity contribution in [1.82, 2.24) is 10.3 Å². The van der Waals surface area contributed by atoms with E-state index in [1.165, 1.54) is 20.3 Å². The van der Waals surface area contributed by atoms with E-state index in [9.17, 15) is 0 Å². The Labute approximate surface area is 111 Å². The van der Waals surface area contributed by atoms with Crippen molar-refractivity contribution in [2.24, 2.45) is 0 Å². The van der Waals surface area contributed by atoms with E-state index in [1.807, 2.05) is 17.5 Å². The van der Waals surface area contributed by atoms with Crippen molar-refractivity contribution in [3.8, 4) is 0 Å². The highest BCUT2D eigenvalue weighted by molar-refractivity contribution is 7.11. The first-order valence-corrected chi connectivity index (χ1v) is 7.61. The highest BCUT2D eigenvalue weighted by Crippen LogP contribution is 2.24. The van der Waals surface area contributed by atoms with Crippen LogP contribution < -0.4 is 5.32 Å². The average molecular weight is 266 g/mol. The number of hydrogen-bond acceptors (Lipinski definition) is 4. The van der Waals surface area contributed by atoms with Crippen molar-refractivity contribution in [1.29, 1.82) is 0 Å². The minimum Gasteiger partial charge on any atom is -0.303 e. The average Bonchev–Trinajstić information content (AvgIpc) is 2.94. The molecule has 0 saturated carbocycles. The molecule has 17 heavy (non-hydrogen) atoms. The predicted octanol–water partition coefficient (Wildman–Crippen LogP) is 3.93. The molecule has 0 spiro atoms. The lowest BCUT2D eigenvalue weighted by atomic mass is 10.2. The van der Waals surface area contributed by atoms with Gasteiger partial charge in [-0.3, -0.25) is 0 Å². The predicted molar refractivity (Wildman–Crippen MR) is 75.8 cm³/mol. The normalized spacial score (nSPS) is 12.9. The molecule has 1 N–H and O–H groups in total. The van der Waals surface area contributed by atoms with Crippen molar-refractivity contribution in [2.75, 3.05) is 0 Å². The first-order valence-electron chi connectivity index (χ1n) is 5.91. The fraction of sp³-hybridized carbons (Fsp3) is 0.462. The molecule has 0 amide bonds. The summed E-state index contributed by atoms with van der Waals surface area (Å²) < 4.78 is 0. The van der Waals surface area contributed by atoms with Gasteiger partial charge in [-0.05, 0) is 37.3 Å². The van der Waals surface area contributed by atoms with Crippen molar-refractivity contribution < 1.29 is 0 Å². The fourth-order valence-corrected chi connectivity index (χ4v) is 3.53. The van der Waals surface area contributed by atoms with Gasteiger partial charge < -0.3 is 5.32 Å². The zero-order valence-electron chi connectivity index (χ0n) is 10.5. The van der Waals surface area contributed by atoms with Crippen LogP contribution in [0.5, 0.6) is 0 Å². The zero-order valence-corrected chi connectivity index (χ0v) is 12.1. The first kappa shape index (κ1) is 12.7. The van der Waals surface area contributed by atoms with Crippen molar-refractivity contribution in [3.63, 3.8) is 0 Å². The van der Waals surface area contributed by atoms with Crippen LogP contribution in [0.25, 0.3) is 0 Å². The minimum atomic E-state index is 0.406. The number of aryl methyl sites for hydroxylation is 2. The Kier molecular flexibility index (Phi) is 4.31. The summed E-state index contributed by atoms with van der Waals surface area (Å²) in [5.41, 5.74) is 1.38. The molecular weight excluding hydrogens is 248 g/mol. The highest BCUT2D eigenvalue weighted by Gasteiger charge is 2.10. The van der Waals surface area contributed by atoms with Crippen molar-refractivity contribution in [3.05, 3.63) is 38.0 Å². The van der Waals surface area contributed by atoms with Crippen LogP contribution in [0.1, 0.15) is 40.2 Å². The molecule has 2 rings (SSSR count). The summed E-state index contributed by atoms with van der Waals surface area (Å²) in [4.78, 5) is 7.21. The van der Waals surface area contributed by atoms with Gasteiger partial charge in [0.15, 0.2) is 0 Å². The number of nitrogens with one attached hydrogen (secondary N) is 1. The first-order chi connectivity index (χ1) is 8.20. The Balaban J connectivity index is 1.92. The van der Waals surface area contributed by atoms with Crippen LogP contribution in [-0.4, -0.2) is 4.98 Å². The third-order valence-corrected chi connectivity index (χ3v) is 5.15. The Bertz CT molecular complexity index is 473. The standard InChI is InChI=1S/C13H18N2S2/c1-4-11-7-15-12(17-11)8-14-10(3)13-9(2)5-6-16-13/h5-7,10,14H,4,8H2,1-3H3. The molecule has 92 valence electrons. The van der Waals surface area contributed by atoms with Gasteiger partial charge in [-0.25, -0.2) is 4.98 Å². The maximum atomic E-state index is 4.42. The summed E-state index contributed by atoms with van der Waals surface area (Å²) in [5.74, 6) is 0. The quantitative estimate of drug-likeness (QED) is 0.887. The molecule has 2 heterocycles. The number of thiophene rings is 1. The molecule has 0 radical (unpaired) electrons. The van der Waals surface area contributed by atoms with E-state index in [1.54, 1.807) is 11.3 Å². The number of aromatic nitrogens is 1.